The van der Waals surface area contributed by atoms with Crippen molar-refractivity contribution in [3.63, 3.8) is 0 Å². The number of anilines is 1. The van der Waals surface area contributed by atoms with Gasteiger partial charge in [-0.1, -0.05) is 36.2 Å². The Balaban J connectivity index is 1.16. The Morgan fingerprint density at radius 2 is 1.74 bits per heavy atom. The summed E-state index contributed by atoms with van der Waals surface area (Å²) in [5, 5.41) is 11.6. The molecule has 2 saturated carbocycles. The summed E-state index contributed by atoms with van der Waals surface area (Å²) in [6, 6.07) is 9.71. The van der Waals surface area contributed by atoms with E-state index in [0.717, 1.165) is 95.9 Å². The summed E-state index contributed by atoms with van der Waals surface area (Å²) in [4.78, 5) is 33.9. The second-order valence-corrected chi connectivity index (χ2v) is 14.5. The maximum atomic E-state index is 13.8. The first kappa shape index (κ1) is 31.1. The van der Waals surface area contributed by atoms with E-state index in [9.17, 15) is 9.59 Å². The lowest BCUT2D eigenvalue weighted by Gasteiger charge is -2.28. The van der Waals surface area contributed by atoms with Gasteiger partial charge in [-0.15, -0.1) is 0 Å². The van der Waals surface area contributed by atoms with Gasteiger partial charge in [0, 0.05) is 56.9 Å². The molecule has 242 valence electrons. The van der Waals surface area contributed by atoms with Gasteiger partial charge >= 0.3 is 0 Å². The number of amides is 2. The Kier molecular flexibility index (Phi) is 8.26. The summed E-state index contributed by atoms with van der Waals surface area (Å²) in [5.41, 5.74) is 6.19. The second-order valence-electron chi connectivity index (χ2n) is 13.7. The van der Waals surface area contributed by atoms with E-state index in [2.05, 4.69) is 38.2 Å². The molecule has 1 aliphatic heterocycles. The van der Waals surface area contributed by atoms with Crippen LogP contribution in [0.3, 0.4) is 0 Å². The minimum absolute atomic E-state index is 0.00840. The van der Waals surface area contributed by atoms with E-state index in [4.69, 9.17) is 28.2 Å². The molecule has 4 aromatic rings. The summed E-state index contributed by atoms with van der Waals surface area (Å²) in [5.74, 6) is 2.71. The number of hydrogen-bond donors (Lipinski definition) is 2. The monoisotopic (exact) mass is 661 g/mol. The number of fused-ring (bicyclic) bond motifs is 2. The number of aromatic nitrogens is 4. The Morgan fingerprint density at radius 3 is 2.43 bits per heavy atom. The van der Waals surface area contributed by atoms with Gasteiger partial charge in [0.25, 0.3) is 11.8 Å². The molecule has 9 nitrogen and oxygen atoms in total. The molecular weight excluding hydrogens is 621 g/mol. The molecule has 2 amide bonds. The van der Waals surface area contributed by atoms with Gasteiger partial charge in [-0.25, -0.2) is 4.98 Å². The summed E-state index contributed by atoms with van der Waals surface area (Å²) in [6.07, 6.45) is 6.05. The molecular formula is C35H41Cl2N7O2. The van der Waals surface area contributed by atoms with Crippen molar-refractivity contribution in [1.82, 2.24) is 30.0 Å². The molecule has 0 bridgehead atoms. The fraction of sp³-hybridized carbons (Fsp3) is 0.486. The minimum atomic E-state index is -0.268. The van der Waals surface area contributed by atoms with Crippen molar-refractivity contribution in [2.45, 2.75) is 65.0 Å². The van der Waals surface area contributed by atoms with E-state index in [1.54, 1.807) is 17.8 Å². The van der Waals surface area contributed by atoms with Crippen molar-refractivity contribution >= 4 is 51.7 Å². The SMILES string of the molecule is Cc1cc(C(=O)NCc2ccc(Cl)c(Cc3nc4cc(C(=O)NC5CCC(C)CC5)c(N5CC6CC6C5)cc4n3C)c2Cl)nn1C. The van der Waals surface area contributed by atoms with Gasteiger partial charge in [0.05, 0.1) is 27.3 Å². The molecule has 0 spiro atoms. The molecule has 2 atom stereocenters. The lowest BCUT2D eigenvalue weighted by atomic mass is 9.87. The zero-order chi connectivity index (χ0) is 32.3. The molecule has 3 fully saturated rings. The number of rotatable bonds is 8. The Morgan fingerprint density at radius 1 is 1.00 bits per heavy atom. The Bertz CT molecular complexity index is 1810. The Hall–Kier alpha value is -3.56. The highest BCUT2D eigenvalue weighted by atomic mass is 35.5. The van der Waals surface area contributed by atoms with E-state index in [0.29, 0.717) is 27.7 Å². The zero-order valence-electron chi connectivity index (χ0n) is 26.9. The number of nitrogens with one attached hydrogen (secondary N) is 2. The maximum absolute atomic E-state index is 13.8. The number of piperidine rings is 1. The van der Waals surface area contributed by atoms with Gasteiger partial charge in [-0.2, -0.15) is 5.10 Å². The van der Waals surface area contributed by atoms with Crippen molar-refractivity contribution in [1.29, 1.82) is 0 Å². The van der Waals surface area contributed by atoms with Crippen LogP contribution in [0.5, 0.6) is 0 Å². The number of imidazole rings is 1. The first-order valence-corrected chi connectivity index (χ1v) is 17.1. The largest absolute Gasteiger partial charge is 0.370 e. The normalized spacial score (nSPS) is 22.3. The standard InChI is InChI=1S/C35H41Cl2N7O2/c1-19-5-8-24(9-6-19)39-34(45)26-13-28-31(15-30(26)44-17-22-12-23(22)18-44)42(3)32(40-28)14-25-27(36)10-7-21(33(25)37)16-38-35(46)29-11-20(2)43(4)41-29/h7,10-11,13,15,19,22-24H,5-6,8-9,12,14,16-18H2,1-4H3,(H,38,46)(H,39,45). The number of halogens is 2. The van der Waals surface area contributed by atoms with Gasteiger partial charge in [0.2, 0.25) is 0 Å². The lowest BCUT2D eigenvalue weighted by molar-refractivity contribution is 0.0921. The molecule has 46 heavy (non-hydrogen) atoms. The van der Waals surface area contributed by atoms with Gasteiger partial charge in [-0.3, -0.25) is 14.3 Å². The van der Waals surface area contributed by atoms with Crippen molar-refractivity contribution in [3.8, 4) is 0 Å². The van der Waals surface area contributed by atoms with Crippen LogP contribution in [-0.2, 0) is 27.1 Å². The molecule has 2 N–H and O–H groups in total. The van der Waals surface area contributed by atoms with Crippen molar-refractivity contribution in [2.24, 2.45) is 31.8 Å². The highest BCUT2D eigenvalue weighted by Gasteiger charge is 2.46. The first-order chi connectivity index (χ1) is 22.0. The third-order valence-corrected chi connectivity index (χ3v) is 11.2. The average molecular weight is 663 g/mol. The van der Waals surface area contributed by atoms with Crippen LogP contribution in [0.25, 0.3) is 11.0 Å². The molecule has 1 saturated heterocycles. The van der Waals surface area contributed by atoms with Crippen LogP contribution >= 0.6 is 23.2 Å². The van der Waals surface area contributed by atoms with Crippen LogP contribution in [0.2, 0.25) is 10.0 Å². The predicted octanol–water partition coefficient (Wildman–Crippen LogP) is 6.21. The van der Waals surface area contributed by atoms with Crippen molar-refractivity contribution in [3.05, 3.63) is 74.3 Å². The van der Waals surface area contributed by atoms with E-state index in [1.165, 1.54) is 6.42 Å². The fourth-order valence-corrected chi connectivity index (χ4v) is 7.75. The number of hydrogen-bond acceptors (Lipinski definition) is 5. The quantitative estimate of drug-likeness (QED) is 0.234. The zero-order valence-corrected chi connectivity index (χ0v) is 28.4. The average Bonchev–Trinajstić information content (AvgIpc) is 3.31. The molecule has 3 aliphatic rings. The van der Waals surface area contributed by atoms with Crippen LogP contribution in [0.15, 0.2) is 30.3 Å². The van der Waals surface area contributed by atoms with E-state index < -0.39 is 0 Å². The third kappa shape index (κ3) is 5.99. The van der Waals surface area contributed by atoms with Crippen LogP contribution in [-0.4, -0.2) is 50.3 Å². The molecule has 11 heteroatoms. The van der Waals surface area contributed by atoms with Crippen LogP contribution in [0.4, 0.5) is 5.69 Å². The maximum Gasteiger partial charge on any atom is 0.272 e. The van der Waals surface area contributed by atoms with Gasteiger partial charge in [0.1, 0.15) is 11.5 Å². The summed E-state index contributed by atoms with van der Waals surface area (Å²) >= 11 is 13.6. The smallest absolute Gasteiger partial charge is 0.272 e. The van der Waals surface area contributed by atoms with Crippen LogP contribution < -0.4 is 15.5 Å². The second kappa shape index (κ2) is 12.2. The van der Waals surface area contributed by atoms with Crippen LogP contribution in [0.1, 0.15) is 82.5 Å². The van der Waals surface area contributed by atoms with Gasteiger partial charge < -0.3 is 20.1 Å². The highest BCUT2D eigenvalue weighted by Crippen LogP contribution is 2.47. The number of benzene rings is 2. The first-order valence-electron chi connectivity index (χ1n) is 16.4. The molecule has 7 rings (SSSR count). The summed E-state index contributed by atoms with van der Waals surface area (Å²) in [6.45, 7) is 6.42. The van der Waals surface area contributed by atoms with Crippen molar-refractivity contribution < 1.29 is 9.59 Å². The van der Waals surface area contributed by atoms with E-state index in [1.807, 2.05) is 32.2 Å². The minimum Gasteiger partial charge on any atom is -0.370 e. The molecule has 2 aromatic heterocycles. The molecule has 2 aromatic carbocycles. The lowest BCUT2D eigenvalue weighted by Crippen LogP contribution is -2.38. The topological polar surface area (TPSA) is 97.1 Å². The summed E-state index contributed by atoms with van der Waals surface area (Å²) in [7, 11) is 3.80. The number of carbonyl (C=O) groups is 2. The highest BCUT2D eigenvalue weighted by molar-refractivity contribution is 6.36. The number of carbonyl (C=O) groups excluding carboxylic acids is 2. The van der Waals surface area contributed by atoms with Gasteiger partial charge in [0.15, 0.2) is 0 Å². The van der Waals surface area contributed by atoms with E-state index >= 15 is 0 Å². The van der Waals surface area contributed by atoms with E-state index in [-0.39, 0.29) is 24.4 Å². The molecule has 2 aliphatic carbocycles. The van der Waals surface area contributed by atoms with Crippen LogP contribution in [0, 0.1) is 24.7 Å². The fourth-order valence-electron chi connectivity index (χ4n) is 7.18. The molecule has 2 unspecified atom stereocenters. The summed E-state index contributed by atoms with van der Waals surface area (Å²) < 4.78 is 3.74. The third-order valence-electron chi connectivity index (χ3n) is 10.4. The molecule has 3 heterocycles. The van der Waals surface area contributed by atoms with Crippen molar-refractivity contribution in [2.75, 3.05) is 18.0 Å². The van der Waals surface area contributed by atoms with Gasteiger partial charge in [-0.05, 0) is 92.2 Å². The molecule has 0 radical (unpaired) electrons. The number of nitrogens with zero attached hydrogens (tertiary/aromatic N) is 5. The number of aryl methyl sites for hydroxylation is 3. The predicted molar refractivity (Wildman–Crippen MR) is 182 cm³/mol. The Labute approximate surface area is 279 Å².